The molecule has 2 heterocycles. The number of likely N-dealkylation sites (tertiary alicyclic amines) is 1. The molecule has 0 saturated carbocycles. The van der Waals surface area contributed by atoms with E-state index in [0.29, 0.717) is 18.8 Å². The summed E-state index contributed by atoms with van der Waals surface area (Å²) < 4.78 is 1.30. The van der Waals surface area contributed by atoms with Gasteiger partial charge in [0.05, 0.1) is 7.05 Å². The Bertz CT molecular complexity index is 474. The number of aromatic nitrogens is 1. The van der Waals surface area contributed by atoms with Crippen molar-refractivity contribution in [1.82, 2.24) is 9.47 Å². The van der Waals surface area contributed by atoms with Crippen LogP contribution in [0.3, 0.4) is 0 Å². The van der Waals surface area contributed by atoms with Gasteiger partial charge in [-0.2, -0.15) is 0 Å². The summed E-state index contributed by atoms with van der Waals surface area (Å²) in [7, 11) is 1.52. The Morgan fingerprint density at radius 3 is 2.67 bits per heavy atom. The van der Waals surface area contributed by atoms with Gasteiger partial charge >= 0.3 is 5.82 Å². The quantitative estimate of drug-likeness (QED) is 0.629. The Morgan fingerprint density at radius 2 is 2.22 bits per heavy atom. The van der Waals surface area contributed by atoms with Crippen LogP contribution in [0.5, 0.6) is 0 Å². The molecular weight excluding hydrogens is 260 g/mol. The van der Waals surface area contributed by atoms with Gasteiger partial charge in [0, 0.05) is 25.2 Å². The maximum absolute atomic E-state index is 12.1. The summed E-state index contributed by atoms with van der Waals surface area (Å²) in [5.41, 5.74) is 6.05. The van der Waals surface area contributed by atoms with E-state index in [2.05, 4.69) is 0 Å². The average Bonchev–Trinajstić information content (AvgIpc) is 2.83. The standard InChI is InChI=1S/C10H14N4O3.ClH/c1-12-8(2-3-9(12)14(16)17)10(15)13-5-4-7(11)6-13;/h2-3,7H,4-6,11H2,1H3;1H/t7-;/m0./s1. The molecule has 0 bridgehead atoms. The summed E-state index contributed by atoms with van der Waals surface area (Å²) >= 11 is 0. The Labute approximate surface area is 110 Å². The van der Waals surface area contributed by atoms with Crippen LogP contribution in [0.2, 0.25) is 0 Å². The van der Waals surface area contributed by atoms with Crippen molar-refractivity contribution in [2.75, 3.05) is 13.1 Å². The molecule has 1 amide bonds. The lowest BCUT2D eigenvalue weighted by Gasteiger charge is -2.14. The Morgan fingerprint density at radius 1 is 1.56 bits per heavy atom. The third kappa shape index (κ3) is 2.46. The van der Waals surface area contributed by atoms with Crippen LogP contribution in [-0.4, -0.2) is 39.4 Å². The van der Waals surface area contributed by atoms with Gasteiger partial charge in [0.2, 0.25) is 0 Å². The minimum atomic E-state index is -0.507. The highest BCUT2D eigenvalue weighted by Gasteiger charge is 2.29. The van der Waals surface area contributed by atoms with E-state index in [4.69, 9.17) is 5.73 Å². The average molecular weight is 275 g/mol. The monoisotopic (exact) mass is 274 g/mol. The van der Waals surface area contributed by atoms with Crippen LogP contribution < -0.4 is 5.73 Å². The number of nitro groups is 1. The number of halogens is 1. The van der Waals surface area contributed by atoms with Gasteiger partial charge in [-0.25, -0.2) is 4.57 Å². The van der Waals surface area contributed by atoms with Crippen molar-refractivity contribution >= 4 is 24.1 Å². The number of nitrogens with zero attached hydrogens (tertiary/aromatic N) is 3. The van der Waals surface area contributed by atoms with Crippen molar-refractivity contribution in [3.63, 3.8) is 0 Å². The molecular formula is C10H15ClN4O3. The Kier molecular flexibility index (Phi) is 4.31. The second-order valence-corrected chi connectivity index (χ2v) is 4.19. The van der Waals surface area contributed by atoms with Crippen LogP contribution in [0.25, 0.3) is 0 Å². The van der Waals surface area contributed by atoms with Crippen LogP contribution in [-0.2, 0) is 7.05 Å². The number of nitrogens with two attached hydrogens (primary N) is 1. The molecule has 1 fully saturated rings. The number of carbonyl (C=O) groups excluding carboxylic acids is 1. The van der Waals surface area contributed by atoms with Gasteiger partial charge in [0.15, 0.2) is 5.69 Å². The van der Waals surface area contributed by atoms with E-state index in [1.54, 1.807) is 4.90 Å². The Hall–Kier alpha value is -1.60. The van der Waals surface area contributed by atoms with E-state index in [1.165, 1.54) is 23.7 Å². The van der Waals surface area contributed by atoms with E-state index in [-0.39, 0.29) is 30.2 Å². The first-order chi connectivity index (χ1) is 8.00. The molecule has 1 atom stereocenters. The zero-order valence-electron chi connectivity index (χ0n) is 9.91. The second kappa shape index (κ2) is 5.36. The maximum atomic E-state index is 12.1. The van der Waals surface area contributed by atoms with Gasteiger partial charge in [-0.1, -0.05) is 0 Å². The van der Waals surface area contributed by atoms with Crippen LogP contribution >= 0.6 is 12.4 Å². The molecule has 7 nitrogen and oxygen atoms in total. The lowest BCUT2D eigenvalue weighted by Crippen LogP contribution is -2.32. The van der Waals surface area contributed by atoms with Gasteiger partial charge in [-0.05, 0) is 17.4 Å². The fourth-order valence-corrected chi connectivity index (χ4v) is 2.03. The molecule has 2 rings (SSSR count). The van der Waals surface area contributed by atoms with Crippen molar-refractivity contribution < 1.29 is 9.72 Å². The third-order valence-electron chi connectivity index (χ3n) is 3.01. The molecule has 0 aliphatic carbocycles. The van der Waals surface area contributed by atoms with Gasteiger partial charge in [-0.15, -0.1) is 12.4 Å². The van der Waals surface area contributed by atoms with Crippen molar-refractivity contribution in [1.29, 1.82) is 0 Å². The van der Waals surface area contributed by atoms with Gasteiger partial charge in [-0.3, -0.25) is 4.79 Å². The van der Waals surface area contributed by atoms with Crippen LogP contribution in [0.1, 0.15) is 16.9 Å². The summed E-state index contributed by atoms with van der Waals surface area (Å²) in [6.07, 6.45) is 0.776. The van der Waals surface area contributed by atoms with Gasteiger partial charge < -0.3 is 20.7 Å². The van der Waals surface area contributed by atoms with Crippen LogP contribution in [0.15, 0.2) is 12.1 Å². The smallest absolute Gasteiger partial charge is 0.323 e. The molecule has 1 aliphatic rings. The van der Waals surface area contributed by atoms with E-state index >= 15 is 0 Å². The number of hydrogen-bond acceptors (Lipinski definition) is 4. The molecule has 1 aliphatic heterocycles. The molecule has 1 aromatic heterocycles. The molecule has 0 unspecified atom stereocenters. The van der Waals surface area contributed by atoms with Crippen LogP contribution in [0, 0.1) is 10.1 Å². The first kappa shape index (κ1) is 14.5. The zero-order valence-corrected chi connectivity index (χ0v) is 10.7. The predicted octanol–water partition coefficient (Wildman–Crippen LogP) is 0.528. The minimum Gasteiger partial charge on any atom is -0.358 e. The fraction of sp³-hybridized carbons (Fsp3) is 0.500. The topological polar surface area (TPSA) is 94.4 Å². The minimum absolute atomic E-state index is 0. The van der Waals surface area contributed by atoms with Crippen LogP contribution in [0.4, 0.5) is 5.82 Å². The van der Waals surface area contributed by atoms with Crippen molar-refractivity contribution in [3.8, 4) is 0 Å². The molecule has 2 N–H and O–H groups in total. The van der Waals surface area contributed by atoms with E-state index in [1.807, 2.05) is 0 Å². The largest absolute Gasteiger partial charge is 0.358 e. The van der Waals surface area contributed by atoms with Gasteiger partial charge in [0.1, 0.15) is 0 Å². The first-order valence-corrected chi connectivity index (χ1v) is 5.35. The number of hydrogen-bond donors (Lipinski definition) is 1. The highest BCUT2D eigenvalue weighted by Crippen LogP contribution is 2.18. The number of carbonyl (C=O) groups is 1. The van der Waals surface area contributed by atoms with E-state index < -0.39 is 4.92 Å². The molecule has 1 saturated heterocycles. The zero-order chi connectivity index (χ0) is 12.6. The second-order valence-electron chi connectivity index (χ2n) is 4.19. The molecule has 0 spiro atoms. The highest BCUT2D eigenvalue weighted by molar-refractivity contribution is 5.93. The van der Waals surface area contributed by atoms with Crippen molar-refractivity contribution in [2.24, 2.45) is 12.8 Å². The van der Waals surface area contributed by atoms with Crippen molar-refractivity contribution in [2.45, 2.75) is 12.5 Å². The van der Waals surface area contributed by atoms with E-state index in [0.717, 1.165) is 6.42 Å². The molecule has 0 aromatic carbocycles. The lowest BCUT2D eigenvalue weighted by atomic mass is 10.3. The predicted molar refractivity (Wildman–Crippen MR) is 67.8 cm³/mol. The Balaban J connectivity index is 0.00000162. The van der Waals surface area contributed by atoms with E-state index in [9.17, 15) is 14.9 Å². The highest BCUT2D eigenvalue weighted by atomic mass is 35.5. The summed E-state index contributed by atoms with van der Waals surface area (Å²) in [5.74, 6) is -0.287. The number of amides is 1. The van der Waals surface area contributed by atoms with Crippen molar-refractivity contribution in [3.05, 3.63) is 27.9 Å². The summed E-state index contributed by atoms with van der Waals surface area (Å²) in [6, 6.07) is 2.82. The number of rotatable bonds is 2. The molecule has 18 heavy (non-hydrogen) atoms. The summed E-state index contributed by atoms with van der Waals surface area (Å²) in [5, 5.41) is 10.7. The van der Waals surface area contributed by atoms with Gasteiger partial charge in [0.25, 0.3) is 5.91 Å². The first-order valence-electron chi connectivity index (χ1n) is 5.35. The molecule has 1 aromatic rings. The molecule has 8 heteroatoms. The SMILES string of the molecule is Cl.Cn1c(C(=O)N2CC[C@H](N)C2)ccc1[N+](=O)[O-]. The maximum Gasteiger partial charge on any atom is 0.323 e. The third-order valence-corrected chi connectivity index (χ3v) is 3.01. The molecule has 100 valence electrons. The summed E-state index contributed by atoms with van der Waals surface area (Å²) in [4.78, 5) is 23.9. The lowest BCUT2D eigenvalue weighted by molar-refractivity contribution is -0.391. The summed E-state index contributed by atoms with van der Waals surface area (Å²) in [6.45, 7) is 1.12. The normalized spacial score (nSPS) is 18.6. The molecule has 0 radical (unpaired) electrons. The fourth-order valence-electron chi connectivity index (χ4n) is 2.03.